The molecule has 22 heavy (non-hydrogen) atoms. The lowest BCUT2D eigenvalue weighted by atomic mass is 10.1. The van der Waals surface area contributed by atoms with Crippen molar-refractivity contribution in [3.63, 3.8) is 0 Å². The van der Waals surface area contributed by atoms with E-state index in [1.54, 1.807) is 32.4 Å². The molecule has 0 aliphatic heterocycles. The molecule has 0 saturated carbocycles. The van der Waals surface area contributed by atoms with Crippen LogP contribution in [0.5, 0.6) is 11.5 Å². The number of hydrogen-bond donors (Lipinski definition) is 2. The highest BCUT2D eigenvalue weighted by atomic mass is 35.5. The normalized spacial score (nSPS) is 11.3. The smallest absolute Gasteiger partial charge is 0.228 e. The van der Waals surface area contributed by atoms with Gasteiger partial charge in [-0.2, -0.15) is 0 Å². The average Bonchev–Trinajstić information content (AvgIpc) is 2.48. The highest BCUT2D eigenvalue weighted by molar-refractivity contribution is 5.92. The van der Waals surface area contributed by atoms with Gasteiger partial charge in [-0.3, -0.25) is 4.79 Å². The van der Waals surface area contributed by atoms with Crippen molar-refractivity contribution in [2.75, 3.05) is 46.3 Å². The first-order chi connectivity index (χ1) is 10.1. The topological polar surface area (TPSA) is 68.8 Å². The summed E-state index contributed by atoms with van der Waals surface area (Å²) >= 11 is 0. The van der Waals surface area contributed by atoms with E-state index >= 15 is 0 Å². The summed E-state index contributed by atoms with van der Waals surface area (Å²) in [5.41, 5.74) is 0.677. The van der Waals surface area contributed by atoms with Crippen LogP contribution in [0.3, 0.4) is 0 Å². The van der Waals surface area contributed by atoms with E-state index in [0.717, 1.165) is 0 Å². The fourth-order valence-corrected chi connectivity index (χ4v) is 1.77. The molecule has 0 aliphatic rings. The molecule has 0 radical (unpaired) electrons. The lowest BCUT2D eigenvalue weighted by Gasteiger charge is -2.14. The number of halogens is 1. The van der Waals surface area contributed by atoms with E-state index in [2.05, 4.69) is 10.6 Å². The molecule has 0 aliphatic carbocycles. The molecule has 0 saturated heterocycles. The van der Waals surface area contributed by atoms with Crippen molar-refractivity contribution < 1.29 is 19.0 Å². The van der Waals surface area contributed by atoms with Gasteiger partial charge in [0.1, 0.15) is 6.61 Å². The molecule has 1 aromatic carbocycles. The molecular weight excluding hydrogens is 308 g/mol. The summed E-state index contributed by atoms with van der Waals surface area (Å²) in [4.78, 5) is 12.0. The molecule has 126 valence electrons. The maximum Gasteiger partial charge on any atom is 0.228 e. The minimum absolute atomic E-state index is 0. The van der Waals surface area contributed by atoms with Crippen LogP contribution in [0.4, 0.5) is 5.69 Å². The summed E-state index contributed by atoms with van der Waals surface area (Å²) in [6, 6.07) is 5.30. The maximum atomic E-state index is 12.0. The van der Waals surface area contributed by atoms with Crippen molar-refractivity contribution in [3.8, 4) is 11.5 Å². The fourth-order valence-electron chi connectivity index (χ4n) is 1.77. The summed E-state index contributed by atoms with van der Waals surface area (Å²) < 4.78 is 15.8. The van der Waals surface area contributed by atoms with E-state index in [-0.39, 0.29) is 24.2 Å². The van der Waals surface area contributed by atoms with Gasteiger partial charge in [0, 0.05) is 31.3 Å². The Hall–Kier alpha value is -1.50. The third-order valence-corrected chi connectivity index (χ3v) is 2.93. The number of rotatable bonds is 9. The standard InChI is InChI=1S/C15H24N2O4.ClH/c1-11(10-16-2)15(18)17-12-5-6-13(20-4)14(9-12)21-8-7-19-3;/h5-6,9,11,16H,7-8,10H2,1-4H3,(H,17,18);1H. The lowest BCUT2D eigenvalue weighted by Crippen LogP contribution is -2.28. The third kappa shape index (κ3) is 6.51. The summed E-state index contributed by atoms with van der Waals surface area (Å²) in [5.74, 6) is 1.04. The number of carbonyl (C=O) groups is 1. The van der Waals surface area contributed by atoms with Crippen LogP contribution in [0, 0.1) is 5.92 Å². The largest absolute Gasteiger partial charge is 0.493 e. The quantitative estimate of drug-likeness (QED) is 0.676. The molecule has 0 spiro atoms. The number of amides is 1. The van der Waals surface area contributed by atoms with E-state index in [1.165, 1.54) is 0 Å². The van der Waals surface area contributed by atoms with Crippen molar-refractivity contribution in [1.29, 1.82) is 0 Å². The zero-order valence-corrected chi connectivity index (χ0v) is 14.3. The summed E-state index contributed by atoms with van der Waals surface area (Å²) in [5, 5.41) is 5.84. The van der Waals surface area contributed by atoms with Gasteiger partial charge in [-0.25, -0.2) is 0 Å². The Morgan fingerprint density at radius 2 is 1.95 bits per heavy atom. The predicted octanol–water partition coefficient (Wildman–Crippen LogP) is 1.94. The van der Waals surface area contributed by atoms with Gasteiger partial charge in [0.05, 0.1) is 13.7 Å². The predicted molar refractivity (Wildman–Crippen MR) is 89.3 cm³/mol. The Kier molecular flexibility index (Phi) is 10.4. The second kappa shape index (κ2) is 11.1. The molecule has 0 heterocycles. The Labute approximate surface area is 137 Å². The van der Waals surface area contributed by atoms with Crippen molar-refractivity contribution in [1.82, 2.24) is 5.32 Å². The number of ether oxygens (including phenoxy) is 3. The van der Waals surface area contributed by atoms with Crippen LogP contribution < -0.4 is 20.1 Å². The summed E-state index contributed by atoms with van der Waals surface area (Å²) in [6.07, 6.45) is 0. The molecule has 1 rings (SSSR count). The number of methoxy groups -OCH3 is 2. The van der Waals surface area contributed by atoms with Crippen molar-refractivity contribution in [2.45, 2.75) is 6.92 Å². The number of benzene rings is 1. The summed E-state index contributed by atoms with van der Waals surface area (Å²) in [6.45, 7) is 3.39. The number of nitrogens with one attached hydrogen (secondary N) is 2. The zero-order chi connectivity index (χ0) is 15.7. The molecule has 0 bridgehead atoms. The zero-order valence-electron chi connectivity index (χ0n) is 13.5. The molecule has 6 nitrogen and oxygen atoms in total. The van der Waals surface area contributed by atoms with Crippen molar-refractivity contribution in [2.24, 2.45) is 5.92 Å². The van der Waals surface area contributed by atoms with Crippen LogP contribution >= 0.6 is 12.4 Å². The molecule has 0 aromatic heterocycles. The molecular formula is C15H25ClN2O4. The molecule has 1 atom stereocenters. The molecule has 0 fully saturated rings. The Morgan fingerprint density at radius 1 is 1.23 bits per heavy atom. The van der Waals surface area contributed by atoms with Crippen LogP contribution in [0.1, 0.15) is 6.92 Å². The van der Waals surface area contributed by atoms with Gasteiger partial charge in [-0.1, -0.05) is 6.92 Å². The Bertz CT molecular complexity index is 457. The second-order valence-corrected chi connectivity index (χ2v) is 4.65. The molecule has 1 aromatic rings. The van der Waals surface area contributed by atoms with E-state index in [0.29, 0.717) is 36.9 Å². The van der Waals surface area contributed by atoms with E-state index in [4.69, 9.17) is 14.2 Å². The third-order valence-electron chi connectivity index (χ3n) is 2.93. The van der Waals surface area contributed by atoms with E-state index < -0.39 is 0 Å². The number of anilines is 1. The van der Waals surface area contributed by atoms with Gasteiger partial charge in [0.2, 0.25) is 5.91 Å². The maximum absolute atomic E-state index is 12.0. The van der Waals surface area contributed by atoms with E-state index in [1.807, 2.05) is 14.0 Å². The van der Waals surface area contributed by atoms with Gasteiger partial charge in [0.15, 0.2) is 11.5 Å². The molecule has 7 heteroatoms. The minimum Gasteiger partial charge on any atom is -0.493 e. The van der Waals surface area contributed by atoms with Gasteiger partial charge in [0.25, 0.3) is 0 Å². The number of hydrogen-bond acceptors (Lipinski definition) is 5. The highest BCUT2D eigenvalue weighted by Crippen LogP contribution is 2.30. The van der Waals surface area contributed by atoms with Crippen LogP contribution in [0.15, 0.2) is 18.2 Å². The Balaban J connectivity index is 0.00000441. The Morgan fingerprint density at radius 3 is 2.55 bits per heavy atom. The molecule has 1 amide bonds. The van der Waals surface area contributed by atoms with Crippen molar-refractivity contribution >= 4 is 24.0 Å². The fraction of sp³-hybridized carbons (Fsp3) is 0.533. The number of carbonyl (C=O) groups excluding carboxylic acids is 1. The highest BCUT2D eigenvalue weighted by Gasteiger charge is 2.13. The van der Waals surface area contributed by atoms with Gasteiger partial charge in [-0.05, 0) is 19.2 Å². The first-order valence-electron chi connectivity index (χ1n) is 6.87. The molecule has 2 N–H and O–H groups in total. The SMILES string of the molecule is CNCC(C)C(=O)Nc1ccc(OC)c(OCCOC)c1.Cl. The van der Waals surface area contributed by atoms with Crippen LogP contribution in [-0.2, 0) is 9.53 Å². The monoisotopic (exact) mass is 332 g/mol. The van der Waals surface area contributed by atoms with Crippen molar-refractivity contribution in [3.05, 3.63) is 18.2 Å². The van der Waals surface area contributed by atoms with Crippen LogP contribution in [0.25, 0.3) is 0 Å². The second-order valence-electron chi connectivity index (χ2n) is 4.65. The molecule has 1 unspecified atom stereocenters. The summed E-state index contributed by atoms with van der Waals surface area (Å²) in [7, 11) is 5.01. The minimum atomic E-state index is -0.116. The van der Waals surface area contributed by atoms with Gasteiger partial charge in [-0.15, -0.1) is 12.4 Å². The van der Waals surface area contributed by atoms with Gasteiger partial charge >= 0.3 is 0 Å². The van der Waals surface area contributed by atoms with Crippen LogP contribution in [-0.4, -0.2) is 46.9 Å². The van der Waals surface area contributed by atoms with E-state index in [9.17, 15) is 4.79 Å². The van der Waals surface area contributed by atoms with Gasteiger partial charge < -0.3 is 24.8 Å². The lowest BCUT2D eigenvalue weighted by molar-refractivity contribution is -0.119. The average molecular weight is 333 g/mol. The first kappa shape index (κ1) is 20.5. The van der Waals surface area contributed by atoms with Crippen LogP contribution in [0.2, 0.25) is 0 Å². The first-order valence-corrected chi connectivity index (χ1v) is 6.87.